The van der Waals surface area contributed by atoms with Crippen molar-refractivity contribution in [3.05, 3.63) is 35.9 Å². The minimum atomic E-state index is -0.667. The fourth-order valence-corrected chi connectivity index (χ4v) is 4.17. The molecule has 2 rings (SSSR count). The Morgan fingerprint density at radius 2 is 1.63 bits per heavy atom. The highest BCUT2D eigenvalue weighted by Gasteiger charge is 2.42. The van der Waals surface area contributed by atoms with E-state index in [2.05, 4.69) is 31.2 Å². The zero-order valence-corrected chi connectivity index (χ0v) is 19.2. The van der Waals surface area contributed by atoms with Crippen molar-refractivity contribution in [2.75, 3.05) is 6.61 Å². The molecule has 30 heavy (non-hydrogen) atoms. The van der Waals surface area contributed by atoms with E-state index >= 15 is 0 Å². The van der Waals surface area contributed by atoms with E-state index in [1.54, 1.807) is 0 Å². The highest BCUT2D eigenvalue weighted by atomic mass is 16.5. The molecule has 0 aliphatic heterocycles. The molecule has 3 atom stereocenters. The number of hydrogen-bond acceptors (Lipinski definition) is 2. The molecule has 1 N–H and O–H groups in total. The lowest BCUT2D eigenvalue weighted by Crippen LogP contribution is -2.12. The summed E-state index contributed by atoms with van der Waals surface area (Å²) < 4.78 is 5.87. The van der Waals surface area contributed by atoms with Gasteiger partial charge in [-0.05, 0) is 48.8 Å². The second-order valence-corrected chi connectivity index (χ2v) is 9.02. The second kappa shape index (κ2) is 14.3. The monoisotopic (exact) mass is 414 g/mol. The summed E-state index contributed by atoms with van der Waals surface area (Å²) in [5.41, 5.74) is 1.17. The van der Waals surface area contributed by atoms with Crippen molar-refractivity contribution in [1.29, 1.82) is 0 Å². The van der Waals surface area contributed by atoms with Gasteiger partial charge in [0.15, 0.2) is 0 Å². The lowest BCUT2D eigenvalue weighted by molar-refractivity contribution is -0.141. The van der Waals surface area contributed by atoms with Gasteiger partial charge in [0.2, 0.25) is 0 Å². The maximum Gasteiger partial charge on any atom is 0.306 e. The molecule has 3 heteroatoms. The van der Waals surface area contributed by atoms with Gasteiger partial charge in [0.1, 0.15) is 5.75 Å². The Kier molecular flexibility index (Phi) is 11.7. The van der Waals surface area contributed by atoms with E-state index in [0.29, 0.717) is 11.8 Å². The number of allylic oxidation sites excluding steroid dienone is 1. The lowest BCUT2D eigenvalue weighted by Gasteiger charge is -2.06. The number of hydrogen-bond donors (Lipinski definition) is 1. The molecule has 0 aromatic heterocycles. The Labute approximate surface area is 183 Å². The Bertz CT molecular complexity index is 620. The number of carboxylic acid groups (broad SMARTS) is 1. The summed E-state index contributed by atoms with van der Waals surface area (Å²) in [6.07, 6.45) is 19.7. The van der Waals surface area contributed by atoms with E-state index in [0.717, 1.165) is 31.6 Å². The van der Waals surface area contributed by atoms with Crippen LogP contribution in [0.5, 0.6) is 5.75 Å². The van der Waals surface area contributed by atoms with Gasteiger partial charge in [-0.2, -0.15) is 0 Å². The standard InChI is InChI=1S/C27H42O3/c1-3-4-5-6-7-8-9-10-11-12-20-30-25-18-16-23(17-19-25)14-13-15-24-21-26(24)22(2)27(28)29/h13-14,16-19,22,24,26H,3-12,15,20-21H2,1-2H3,(H,28,29). The maximum absolute atomic E-state index is 11.0. The van der Waals surface area contributed by atoms with Gasteiger partial charge >= 0.3 is 5.97 Å². The average molecular weight is 415 g/mol. The van der Waals surface area contributed by atoms with Gasteiger partial charge in [-0.25, -0.2) is 0 Å². The van der Waals surface area contributed by atoms with Crippen LogP contribution in [-0.2, 0) is 4.79 Å². The highest BCUT2D eigenvalue weighted by Crippen LogP contribution is 2.46. The molecule has 0 radical (unpaired) electrons. The first-order valence-corrected chi connectivity index (χ1v) is 12.2. The van der Waals surface area contributed by atoms with Crippen molar-refractivity contribution < 1.29 is 14.6 Å². The molecule has 0 heterocycles. The van der Waals surface area contributed by atoms with Crippen LogP contribution in [0, 0.1) is 17.8 Å². The molecule has 0 spiro atoms. The first kappa shape index (κ1) is 24.5. The zero-order valence-electron chi connectivity index (χ0n) is 19.2. The number of carboxylic acids is 1. The summed E-state index contributed by atoms with van der Waals surface area (Å²) in [5, 5.41) is 9.07. The van der Waals surface area contributed by atoms with E-state index in [4.69, 9.17) is 9.84 Å². The van der Waals surface area contributed by atoms with Gasteiger partial charge in [0.05, 0.1) is 12.5 Å². The first-order valence-electron chi connectivity index (χ1n) is 12.2. The van der Waals surface area contributed by atoms with Crippen LogP contribution in [0.25, 0.3) is 6.08 Å². The van der Waals surface area contributed by atoms with E-state index in [-0.39, 0.29) is 5.92 Å². The Morgan fingerprint density at radius 3 is 2.23 bits per heavy atom. The molecule has 1 aliphatic rings. The molecule has 168 valence electrons. The van der Waals surface area contributed by atoms with Gasteiger partial charge in [-0.3, -0.25) is 4.79 Å². The van der Waals surface area contributed by atoms with Crippen LogP contribution in [0.4, 0.5) is 0 Å². The minimum Gasteiger partial charge on any atom is -0.494 e. The van der Waals surface area contributed by atoms with Crippen LogP contribution in [-0.4, -0.2) is 17.7 Å². The molecular formula is C27H42O3. The van der Waals surface area contributed by atoms with Crippen LogP contribution in [0.1, 0.15) is 96.5 Å². The third kappa shape index (κ3) is 9.82. The second-order valence-electron chi connectivity index (χ2n) is 9.02. The van der Waals surface area contributed by atoms with Crippen LogP contribution in [0.15, 0.2) is 30.3 Å². The van der Waals surface area contributed by atoms with E-state index in [9.17, 15) is 4.79 Å². The molecule has 0 saturated heterocycles. The summed E-state index contributed by atoms with van der Waals surface area (Å²) >= 11 is 0. The van der Waals surface area contributed by atoms with Crippen molar-refractivity contribution in [3.8, 4) is 5.75 Å². The number of unbranched alkanes of at least 4 members (excludes halogenated alkanes) is 9. The molecule has 1 aromatic rings. The van der Waals surface area contributed by atoms with Crippen LogP contribution >= 0.6 is 0 Å². The number of aliphatic carboxylic acids is 1. The van der Waals surface area contributed by atoms with E-state index in [1.165, 1.54) is 63.4 Å². The van der Waals surface area contributed by atoms with Crippen molar-refractivity contribution in [2.45, 2.75) is 90.9 Å². The molecular weight excluding hydrogens is 372 g/mol. The Morgan fingerprint density at radius 1 is 1.03 bits per heavy atom. The predicted molar refractivity (Wildman–Crippen MR) is 126 cm³/mol. The summed E-state index contributed by atoms with van der Waals surface area (Å²) in [7, 11) is 0. The van der Waals surface area contributed by atoms with Gasteiger partial charge in [-0.1, -0.05) is 95.9 Å². The molecule has 3 nitrogen and oxygen atoms in total. The third-order valence-electron chi connectivity index (χ3n) is 6.40. The molecule has 3 unspecified atom stereocenters. The van der Waals surface area contributed by atoms with Crippen LogP contribution < -0.4 is 4.74 Å². The van der Waals surface area contributed by atoms with Crippen molar-refractivity contribution in [1.82, 2.24) is 0 Å². The summed E-state index contributed by atoms with van der Waals surface area (Å²) in [6, 6.07) is 8.27. The van der Waals surface area contributed by atoms with E-state index < -0.39 is 5.97 Å². The molecule has 1 aromatic carbocycles. The quantitative estimate of drug-likeness (QED) is 0.265. The van der Waals surface area contributed by atoms with Crippen LogP contribution in [0.3, 0.4) is 0 Å². The smallest absolute Gasteiger partial charge is 0.306 e. The van der Waals surface area contributed by atoms with Crippen LogP contribution in [0.2, 0.25) is 0 Å². The predicted octanol–water partition coefficient (Wildman–Crippen LogP) is 7.75. The number of rotatable bonds is 17. The lowest BCUT2D eigenvalue weighted by atomic mass is 10.0. The first-order chi connectivity index (χ1) is 14.6. The highest BCUT2D eigenvalue weighted by molar-refractivity contribution is 5.70. The minimum absolute atomic E-state index is 0.213. The van der Waals surface area contributed by atoms with Gasteiger partial charge in [0.25, 0.3) is 0 Å². The molecule has 1 aliphatic carbocycles. The Balaban J connectivity index is 1.49. The molecule has 1 saturated carbocycles. The average Bonchev–Trinajstić information content (AvgIpc) is 3.52. The third-order valence-corrected chi connectivity index (χ3v) is 6.40. The fraction of sp³-hybridized carbons (Fsp3) is 0.667. The fourth-order valence-electron chi connectivity index (χ4n) is 4.17. The SMILES string of the molecule is CCCCCCCCCCCCOc1ccc(C=CCC2CC2C(C)C(=O)O)cc1. The molecule has 1 fully saturated rings. The van der Waals surface area contributed by atoms with Gasteiger partial charge in [0, 0.05) is 0 Å². The van der Waals surface area contributed by atoms with Gasteiger partial charge in [-0.15, -0.1) is 0 Å². The van der Waals surface area contributed by atoms with E-state index in [1.807, 2.05) is 19.1 Å². The molecule has 0 amide bonds. The van der Waals surface area contributed by atoms with Crippen molar-refractivity contribution >= 4 is 12.0 Å². The number of benzene rings is 1. The largest absolute Gasteiger partial charge is 0.494 e. The summed E-state index contributed by atoms with van der Waals surface area (Å²) in [6.45, 7) is 4.90. The normalized spacial score (nSPS) is 19.1. The number of carbonyl (C=O) groups is 1. The van der Waals surface area contributed by atoms with Crippen molar-refractivity contribution in [2.24, 2.45) is 17.8 Å². The zero-order chi connectivity index (χ0) is 21.6. The molecule has 0 bridgehead atoms. The summed E-state index contributed by atoms with van der Waals surface area (Å²) in [5.74, 6) is 0.959. The number of ether oxygens (including phenoxy) is 1. The maximum atomic E-state index is 11.0. The van der Waals surface area contributed by atoms with Crippen molar-refractivity contribution in [3.63, 3.8) is 0 Å². The topological polar surface area (TPSA) is 46.5 Å². The summed E-state index contributed by atoms with van der Waals surface area (Å²) in [4.78, 5) is 11.0. The van der Waals surface area contributed by atoms with Gasteiger partial charge < -0.3 is 9.84 Å². The Hall–Kier alpha value is -1.77.